The first-order valence-corrected chi connectivity index (χ1v) is 7.45. The minimum atomic E-state index is -0.254. The van der Waals surface area contributed by atoms with Crippen LogP contribution in [0.1, 0.15) is 5.56 Å². The second-order valence-corrected chi connectivity index (χ2v) is 6.29. The van der Waals surface area contributed by atoms with Crippen LogP contribution in [0.5, 0.6) is 0 Å². The summed E-state index contributed by atoms with van der Waals surface area (Å²) in [6.07, 6.45) is -0.254. The van der Waals surface area contributed by atoms with Gasteiger partial charge in [0.1, 0.15) is 6.61 Å². The number of hydrogen-bond acceptors (Lipinski definition) is 3. The van der Waals surface area contributed by atoms with Crippen molar-refractivity contribution < 1.29 is 9.53 Å². The molecule has 0 saturated carbocycles. The monoisotopic (exact) mass is 350 g/mol. The Balaban J connectivity index is 0.00000161. The van der Waals surface area contributed by atoms with Crippen LogP contribution in [-0.4, -0.2) is 37.2 Å². The zero-order valence-electron chi connectivity index (χ0n) is 11.4. The number of halogens is 3. The molecule has 116 valence electrons. The van der Waals surface area contributed by atoms with Crippen molar-refractivity contribution >= 4 is 41.7 Å². The Morgan fingerprint density at radius 2 is 1.76 bits per heavy atom. The molecule has 0 aromatic heterocycles. The summed E-state index contributed by atoms with van der Waals surface area (Å²) < 4.78 is 5.34. The fraction of sp³-hybridized carbons (Fsp3) is 0.500. The lowest BCUT2D eigenvalue weighted by molar-refractivity contribution is 0.102. The van der Waals surface area contributed by atoms with Gasteiger partial charge in [0.2, 0.25) is 0 Å². The van der Waals surface area contributed by atoms with Crippen LogP contribution >= 0.6 is 35.6 Å². The second kappa shape index (κ2) is 7.05. The van der Waals surface area contributed by atoms with Gasteiger partial charge in [0.05, 0.1) is 0 Å². The van der Waals surface area contributed by atoms with E-state index in [9.17, 15) is 4.79 Å². The van der Waals surface area contributed by atoms with E-state index in [1.165, 1.54) is 0 Å². The highest BCUT2D eigenvalue weighted by Crippen LogP contribution is 2.27. The van der Waals surface area contributed by atoms with Crippen LogP contribution in [0.4, 0.5) is 4.79 Å². The third-order valence-electron chi connectivity index (χ3n) is 3.93. The van der Waals surface area contributed by atoms with Crippen molar-refractivity contribution in [3.8, 4) is 0 Å². The lowest BCUT2D eigenvalue weighted by atomic mass is 10.0. The molecule has 0 bridgehead atoms. The molecule has 2 heterocycles. The van der Waals surface area contributed by atoms with E-state index < -0.39 is 0 Å². The van der Waals surface area contributed by atoms with Crippen LogP contribution in [-0.2, 0) is 11.3 Å². The number of nitrogens with one attached hydrogen (secondary N) is 1. The molecule has 7 heteroatoms. The smallest absolute Gasteiger partial charge is 0.410 e. The Kier molecular flexibility index (Phi) is 5.60. The molecular weight excluding hydrogens is 335 g/mol. The summed E-state index contributed by atoms with van der Waals surface area (Å²) in [5.74, 6) is 1.14. The molecule has 21 heavy (non-hydrogen) atoms. The predicted octanol–water partition coefficient (Wildman–Crippen LogP) is 3.20. The second-order valence-electron chi connectivity index (χ2n) is 5.42. The van der Waals surface area contributed by atoms with Crippen molar-refractivity contribution in [2.24, 2.45) is 11.8 Å². The summed E-state index contributed by atoms with van der Waals surface area (Å²) in [4.78, 5) is 13.8. The molecule has 0 aliphatic carbocycles. The van der Waals surface area contributed by atoms with Crippen molar-refractivity contribution in [3.05, 3.63) is 33.8 Å². The molecule has 2 saturated heterocycles. The number of amides is 1. The van der Waals surface area contributed by atoms with E-state index in [2.05, 4.69) is 5.32 Å². The quantitative estimate of drug-likeness (QED) is 0.889. The third kappa shape index (κ3) is 3.95. The average molecular weight is 352 g/mol. The van der Waals surface area contributed by atoms with Crippen LogP contribution < -0.4 is 5.32 Å². The molecule has 4 nitrogen and oxygen atoms in total. The molecule has 2 atom stereocenters. The summed E-state index contributed by atoms with van der Waals surface area (Å²) in [5, 5.41) is 4.44. The van der Waals surface area contributed by atoms with Crippen LogP contribution in [0.15, 0.2) is 18.2 Å². The fourth-order valence-corrected chi connectivity index (χ4v) is 3.51. The van der Waals surface area contributed by atoms with E-state index in [1.54, 1.807) is 23.1 Å². The number of carbonyl (C=O) groups is 1. The van der Waals surface area contributed by atoms with Crippen molar-refractivity contribution in [2.75, 3.05) is 26.2 Å². The molecule has 0 spiro atoms. The van der Waals surface area contributed by atoms with Gasteiger partial charge >= 0.3 is 6.09 Å². The number of carbonyl (C=O) groups excluding carboxylic acids is 1. The van der Waals surface area contributed by atoms with Crippen LogP contribution in [0.2, 0.25) is 10.0 Å². The maximum Gasteiger partial charge on any atom is 0.410 e. The molecule has 1 aromatic rings. The van der Waals surface area contributed by atoms with Gasteiger partial charge in [-0.15, -0.1) is 12.4 Å². The maximum absolute atomic E-state index is 12.0. The standard InChI is InChI=1S/C14H16Cl2N2O2.ClH/c15-12-1-9(2-13(16)3-12)8-20-14(19)18-6-10-4-17-5-11(10)7-18;/h1-3,10-11,17H,4-8H2;1H/t10-,11-;/m0./s1. The molecule has 1 N–H and O–H groups in total. The summed E-state index contributed by atoms with van der Waals surface area (Å²) in [6, 6.07) is 5.16. The highest BCUT2D eigenvalue weighted by molar-refractivity contribution is 6.34. The van der Waals surface area contributed by atoms with Crippen molar-refractivity contribution in [1.82, 2.24) is 10.2 Å². The Bertz CT molecular complexity index is 495. The Morgan fingerprint density at radius 1 is 1.19 bits per heavy atom. The van der Waals surface area contributed by atoms with Gasteiger partial charge in [-0.1, -0.05) is 23.2 Å². The van der Waals surface area contributed by atoms with E-state index in [1.807, 2.05) is 0 Å². The zero-order chi connectivity index (χ0) is 14.1. The summed E-state index contributed by atoms with van der Waals surface area (Å²) >= 11 is 11.8. The lowest BCUT2D eigenvalue weighted by Crippen LogP contribution is -2.32. The molecule has 2 aliphatic rings. The molecule has 1 aromatic carbocycles. The van der Waals surface area contributed by atoms with Gasteiger partial charge in [-0.25, -0.2) is 4.79 Å². The van der Waals surface area contributed by atoms with Crippen LogP contribution in [0.25, 0.3) is 0 Å². The fourth-order valence-electron chi connectivity index (χ4n) is 2.94. The largest absolute Gasteiger partial charge is 0.445 e. The summed E-state index contributed by atoms with van der Waals surface area (Å²) in [6.45, 7) is 3.76. The third-order valence-corrected chi connectivity index (χ3v) is 4.37. The summed E-state index contributed by atoms with van der Waals surface area (Å²) in [7, 11) is 0. The lowest BCUT2D eigenvalue weighted by Gasteiger charge is -2.17. The van der Waals surface area contributed by atoms with Gasteiger partial charge in [-0.3, -0.25) is 0 Å². The number of nitrogens with zero attached hydrogens (tertiary/aromatic N) is 1. The van der Waals surface area contributed by atoms with Gasteiger partial charge in [0.25, 0.3) is 0 Å². The minimum absolute atomic E-state index is 0. The molecule has 2 fully saturated rings. The Labute approximate surface area is 140 Å². The van der Waals surface area contributed by atoms with Gasteiger partial charge in [0.15, 0.2) is 0 Å². The van der Waals surface area contributed by atoms with Crippen molar-refractivity contribution in [1.29, 1.82) is 0 Å². The van der Waals surface area contributed by atoms with Crippen LogP contribution in [0, 0.1) is 11.8 Å². The minimum Gasteiger partial charge on any atom is -0.445 e. The number of rotatable bonds is 2. The molecular formula is C14H17Cl3N2O2. The first-order chi connectivity index (χ1) is 9.61. The van der Waals surface area contributed by atoms with E-state index in [4.69, 9.17) is 27.9 Å². The highest BCUT2D eigenvalue weighted by atomic mass is 35.5. The van der Waals surface area contributed by atoms with Gasteiger partial charge in [0, 0.05) is 36.2 Å². The van der Waals surface area contributed by atoms with Gasteiger partial charge in [-0.05, 0) is 35.6 Å². The number of ether oxygens (including phenoxy) is 1. The zero-order valence-corrected chi connectivity index (χ0v) is 13.7. The highest BCUT2D eigenvalue weighted by Gasteiger charge is 2.38. The van der Waals surface area contributed by atoms with Gasteiger partial charge in [-0.2, -0.15) is 0 Å². The summed E-state index contributed by atoms with van der Waals surface area (Å²) in [5.41, 5.74) is 0.803. The molecule has 0 radical (unpaired) electrons. The first-order valence-electron chi connectivity index (χ1n) is 6.69. The molecule has 2 aliphatic heterocycles. The number of hydrogen-bond donors (Lipinski definition) is 1. The Morgan fingerprint density at radius 3 is 2.33 bits per heavy atom. The maximum atomic E-state index is 12.0. The van der Waals surface area contributed by atoms with Crippen molar-refractivity contribution in [2.45, 2.75) is 6.61 Å². The SMILES string of the molecule is Cl.O=C(OCc1cc(Cl)cc(Cl)c1)N1C[C@@H]2CNC[C@H]2C1. The predicted molar refractivity (Wildman–Crippen MR) is 85.3 cm³/mol. The Hall–Kier alpha value is -0.680. The van der Waals surface area contributed by atoms with Crippen LogP contribution in [0.3, 0.4) is 0 Å². The molecule has 3 rings (SSSR count). The number of likely N-dealkylation sites (tertiary alicyclic amines) is 1. The molecule has 0 unspecified atom stereocenters. The van der Waals surface area contributed by atoms with E-state index in [0.717, 1.165) is 31.7 Å². The first kappa shape index (κ1) is 16.7. The number of benzene rings is 1. The topological polar surface area (TPSA) is 41.6 Å². The average Bonchev–Trinajstić information content (AvgIpc) is 2.95. The normalized spacial score (nSPS) is 23.6. The van der Waals surface area contributed by atoms with Gasteiger partial charge < -0.3 is 15.0 Å². The molecule has 1 amide bonds. The van der Waals surface area contributed by atoms with E-state index >= 15 is 0 Å². The van der Waals surface area contributed by atoms with E-state index in [-0.39, 0.29) is 25.1 Å². The van der Waals surface area contributed by atoms with E-state index in [0.29, 0.717) is 21.9 Å². The van der Waals surface area contributed by atoms with Crippen molar-refractivity contribution in [3.63, 3.8) is 0 Å². The number of fused-ring (bicyclic) bond motifs is 1.